The van der Waals surface area contributed by atoms with Gasteiger partial charge in [-0.2, -0.15) is 0 Å². The van der Waals surface area contributed by atoms with Gasteiger partial charge in [0.2, 0.25) is 0 Å². The number of piperidine rings is 1. The van der Waals surface area contributed by atoms with E-state index < -0.39 is 0 Å². The molecule has 2 aliphatic rings. The van der Waals surface area contributed by atoms with Crippen molar-refractivity contribution in [1.82, 2.24) is 10.0 Å². The standard InChI is InChI=1S/C13H19N3/c14-13-6-4-5-11-9-16(10-12(11)13)15-7-2-1-3-8-15/h4-6H,1-3,7-10,14H2. The van der Waals surface area contributed by atoms with Crippen LogP contribution in [0.4, 0.5) is 5.69 Å². The number of nitrogen functional groups attached to an aromatic ring is 1. The van der Waals surface area contributed by atoms with Crippen LogP contribution in [-0.4, -0.2) is 23.1 Å². The Bertz CT molecular complexity index is 383. The van der Waals surface area contributed by atoms with Crippen LogP contribution in [0.5, 0.6) is 0 Å². The fourth-order valence-electron chi connectivity index (χ4n) is 2.79. The Balaban J connectivity index is 1.77. The first-order chi connectivity index (χ1) is 7.84. The molecular formula is C13H19N3. The summed E-state index contributed by atoms with van der Waals surface area (Å²) >= 11 is 0. The molecular weight excluding hydrogens is 198 g/mol. The Kier molecular flexibility index (Phi) is 2.58. The molecule has 0 radical (unpaired) electrons. The van der Waals surface area contributed by atoms with E-state index in [1.54, 1.807) is 0 Å². The van der Waals surface area contributed by atoms with Gasteiger partial charge in [-0.1, -0.05) is 18.6 Å². The summed E-state index contributed by atoms with van der Waals surface area (Å²) < 4.78 is 0. The van der Waals surface area contributed by atoms with Crippen LogP contribution in [0, 0.1) is 0 Å². The van der Waals surface area contributed by atoms with Crippen LogP contribution in [0.1, 0.15) is 30.4 Å². The average Bonchev–Trinajstić information content (AvgIpc) is 2.76. The molecule has 86 valence electrons. The zero-order valence-corrected chi connectivity index (χ0v) is 9.65. The maximum absolute atomic E-state index is 6.02. The summed E-state index contributed by atoms with van der Waals surface area (Å²) in [4.78, 5) is 0. The maximum Gasteiger partial charge on any atom is 0.0411 e. The van der Waals surface area contributed by atoms with Gasteiger partial charge in [0.25, 0.3) is 0 Å². The second-order valence-corrected chi connectivity index (χ2v) is 4.82. The number of rotatable bonds is 1. The zero-order chi connectivity index (χ0) is 11.0. The number of hydrogen-bond donors (Lipinski definition) is 1. The van der Waals surface area contributed by atoms with E-state index in [0.717, 1.165) is 18.8 Å². The molecule has 1 fully saturated rings. The largest absolute Gasteiger partial charge is 0.398 e. The molecule has 0 amide bonds. The predicted molar refractivity (Wildman–Crippen MR) is 65.5 cm³/mol. The Morgan fingerprint density at radius 3 is 2.50 bits per heavy atom. The van der Waals surface area contributed by atoms with Crippen LogP contribution >= 0.6 is 0 Å². The number of benzene rings is 1. The van der Waals surface area contributed by atoms with E-state index >= 15 is 0 Å². The number of hydrogen-bond acceptors (Lipinski definition) is 3. The summed E-state index contributed by atoms with van der Waals surface area (Å²) in [5.74, 6) is 0. The summed E-state index contributed by atoms with van der Waals surface area (Å²) in [5, 5.41) is 4.96. The number of nitrogens with two attached hydrogens (primary N) is 1. The highest BCUT2D eigenvalue weighted by atomic mass is 15.6. The normalized spacial score (nSPS) is 22.2. The van der Waals surface area contributed by atoms with Gasteiger partial charge in [-0.3, -0.25) is 0 Å². The van der Waals surface area contributed by atoms with Gasteiger partial charge in [-0.25, -0.2) is 10.0 Å². The molecule has 3 heteroatoms. The third-order valence-electron chi connectivity index (χ3n) is 3.74. The Labute approximate surface area is 96.8 Å². The molecule has 0 spiro atoms. The summed E-state index contributed by atoms with van der Waals surface area (Å²) in [5.41, 5.74) is 9.72. The molecule has 2 aliphatic heterocycles. The molecule has 0 unspecified atom stereocenters. The third-order valence-corrected chi connectivity index (χ3v) is 3.74. The van der Waals surface area contributed by atoms with Gasteiger partial charge in [0, 0.05) is 31.9 Å². The van der Waals surface area contributed by atoms with E-state index in [9.17, 15) is 0 Å². The minimum Gasteiger partial charge on any atom is -0.398 e. The number of fused-ring (bicyclic) bond motifs is 1. The van der Waals surface area contributed by atoms with E-state index in [1.165, 1.54) is 43.5 Å². The first kappa shape index (κ1) is 10.1. The second kappa shape index (κ2) is 4.07. The molecule has 0 atom stereocenters. The van der Waals surface area contributed by atoms with E-state index in [-0.39, 0.29) is 0 Å². The quantitative estimate of drug-likeness (QED) is 0.730. The van der Waals surface area contributed by atoms with Crippen molar-refractivity contribution in [3.63, 3.8) is 0 Å². The number of anilines is 1. The van der Waals surface area contributed by atoms with Crippen LogP contribution in [0.2, 0.25) is 0 Å². The minimum atomic E-state index is 0.956. The molecule has 3 rings (SSSR count). The van der Waals surface area contributed by atoms with Crippen LogP contribution in [0.25, 0.3) is 0 Å². The molecule has 1 aromatic rings. The van der Waals surface area contributed by atoms with Gasteiger partial charge in [0.1, 0.15) is 0 Å². The van der Waals surface area contributed by atoms with E-state index in [2.05, 4.69) is 22.2 Å². The fourth-order valence-corrected chi connectivity index (χ4v) is 2.79. The van der Waals surface area contributed by atoms with Crippen molar-refractivity contribution in [1.29, 1.82) is 0 Å². The smallest absolute Gasteiger partial charge is 0.0411 e. The number of nitrogens with zero attached hydrogens (tertiary/aromatic N) is 2. The summed E-state index contributed by atoms with van der Waals surface area (Å²) in [7, 11) is 0. The van der Waals surface area contributed by atoms with Gasteiger partial charge >= 0.3 is 0 Å². The minimum absolute atomic E-state index is 0.956. The lowest BCUT2D eigenvalue weighted by atomic mass is 10.1. The molecule has 2 N–H and O–H groups in total. The highest BCUT2D eigenvalue weighted by molar-refractivity contribution is 5.52. The van der Waals surface area contributed by atoms with Crippen molar-refractivity contribution in [3.05, 3.63) is 29.3 Å². The van der Waals surface area contributed by atoms with Crippen molar-refractivity contribution >= 4 is 5.69 Å². The lowest BCUT2D eigenvalue weighted by Gasteiger charge is -2.34. The van der Waals surface area contributed by atoms with Gasteiger partial charge in [0.15, 0.2) is 0 Å². The molecule has 0 aromatic heterocycles. The first-order valence-electron chi connectivity index (χ1n) is 6.20. The van der Waals surface area contributed by atoms with Gasteiger partial charge in [-0.15, -0.1) is 0 Å². The fraction of sp³-hybridized carbons (Fsp3) is 0.538. The van der Waals surface area contributed by atoms with Gasteiger partial charge in [0.05, 0.1) is 0 Å². The molecule has 3 nitrogen and oxygen atoms in total. The van der Waals surface area contributed by atoms with Crippen molar-refractivity contribution in [3.8, 4) is 0 Å². The molecule has 1 aromatic carbocycles. The van der Waals surface area contributed by atoms with Crippen molar-refractivity contribution in [2.24, 2.45) is 0 Å². The summed E-state index contributed by atoms with van der Waals surface area (Å²) in [6, 6.07) is 6.28. The van der Waals surface area contributed by atoms with Crippen molar-refractivity contribution in [2.75, 3.05) is 18.8 Å². The van der Waals surface area contributed by atoms with E-state index in [1.807, 2.05) is 6.07 Å². The van der Waals surface area contributed by atoms with Crippen LogP contribution in [0.15, 0.2) is 18.2 Å². The van der Waals surface area contributed by atoms with E-state index in [4.69, 9.17) is 5.73 Å². The number of hydrazine groups is 1. The second-order valence-electron chi connectivity index (χ2n) is 4.82. The highest BCUT2D eigenvalue weighted by Gasteiger charge is 2.26. The lowest BCUT2D eigenvalue weighted by molar-refractivity contribution is -0.0441. The average molecular weight is 217 g/mol. The van der Waals surface area contributed by atoms with Crippen molar-refractivity contribution < 1.29 is 0 Å². The Morgan fingerprint density at radius 2 is 1.75 bits per heavy atom. The molecule has 0 bridgehead atoms. The van der Waals surface area contributed by atoms with Gasteiger partial charge < -0.3 is 5.73 Å². The Hall–Kier alpha value is -1.06. The van der Waals surface area contributed by atoms with E-state index in [0.29, 0.717) is 0 Å². The van der Waals surface area contributed by atoms with Gasteiger partial charge in [-0.05, 0) is 30.0 Å². The molecule has 1 saturated heterocycles. The third kappa shape index (κ3) is 1.70. The summed E-state index contributed by atoms with van der Waals surface area (Å²) in [6.45, 7) is 4.48. The molecule has 0 aliphatic carbocycles. The molecule has 16 heavy (non-hydrogen) atoms. The maximum atomic E-state index is 6.02. The monoisotopic (exact) mass is 217 g/mol. The van der Waals surface area contributed by atoms with Crippen LogP contribution in [0.3, 0.4) is 0 Å². The molecule has 2 heterocycles. The lowest BCUT2D eigenvalue weighted by Crippen LogP contribution is -2.42. The SMILES string of the molecule is Nc1cccc2c1CN(N1CCCCC1)C2. The zero-order valence-electron chi connectivity index (χ0n) is 9.65. The summed E-state index contributed by atoms with van der Waals surface area (Å²) in [6.07, 6.45) is 4.06. The first-order valence-corrected chi connectivity index (χ1v) is 6.20. The topological polar surface area (TPSA) is 32.5 Å². The van der Waals surface area contributed by atoms with Crippen molar-refractivity contribution in [2.45, 2.75) is 32.4 Å². The highest BCUT2D eigenvalue weighted by Crippen LogP contribution is 2.29. The van der Waals surface area contributed by atoms with Crippen LogP contribution < -0.4 is 5.73 Å². The van der Waals surface area contributed by atoms with Crippen LogP contribution in [-0.2, 0) is 13.1 Å². The Morgan fingerprint density at radius 1 is 0.938 bits per heavy atom. The predicted octanol–water partition coefficient (Wildman–Crippen LogP) is 1.99. The molecule has 0 saturated carbocycles.